The monoisotopic (exact) mass is 300 g/mol. The van der Waals surface area contributed by atoms with Crippen molar-refractivity contribution in [3.05, 3.63) is 57.1 Å². The number of hydrogen-bond donors (Lipinski definition) is 2. The number of carbonyl (C=O) groups is 1. The Morgan fingerprint density at radius 2 is 1.95 bits per heavy atom. The topological polar surface area (TPSA) is 71.3 Å². The Bertz CT molecular complexity index is 853. The number of amides is 1. The number of hydrogen-bond acceptors (Lipinski definition) is 5. The van der Waals surface area contributed by atoms with Gasteiger partial charge in [0.25, 0.3) is 5.91 Å². The zero-order valence-electron chi connectivity index (χ0n) is 11.2. The lowest BCUT2D eigenvalue weighted by molar-refractivity contribution is 0.103. The summed E-state index contributed by atoms with van der Waals surface area (Å²) < 4.78 is 5.25. The maximum Gasteiger partial charge on any atom is 0.362 e. The molecule has 2 N–H and O–H groups in total. The van der Waals surface area contributed by atoms with E-state index in [0.29, 0.717) is 16.1 Å². The summed E-state index contributed by atoms with van der Waals surface area (Å²) in [4.78, 5) is 24.8. The molecular weight excluding hydrogens is 288 g/mol. The lowest BCUT2D eigenvalue weighted by atomic mass is 10.2. The highest BCUT2D eigenvalue weighted by Crippen LogP contribution is 2.28. The second-order valence-electron chi connectivity index (χ2n) is 4.32. The molecule has 0 saturated heterocycles. The number of para-hydroxylation sites is 1. The van der Waals surface area contributed by atoms with Crippen LogP contribution in [0.1, 0.15) is 9.67 Å². The Hall–Kier alpha value is -2.60. The van der Waals surface area contributed by atoms with Gasteiger partial charge >= 0.3 is 5.63 Å². The van der Waals surface area contributed by atoms with E-state index in [9.17, 15) is 9.59 Å². The Labute approximate surface area is 124 Å². The van der Waals surface area contributed by atoms with Crippen LogP contribution in [0.15, 0.2) is 51.0 Å². The largest absolute Gasteiger partial charge is 0.421 e. The lowest BCUT2D eigenvalue weighted by Gasteiger charge is -2.11. The summed E-state index contributed by atoms with van der Waals surface area (Å²) in [6.45, 7) is 0. The van der Waals surface area contributed by atoms with Crippen molar-refractivity contribution in [2.75, 3.05) is 17.7 Å². The van der Waals surface area contributed by atoms with Crippen molar-refractivity contribution in [3.63, 3.8) is 0 Å². The van der Waals surface area contributed by atoms with Gasteiger partial charge in [-0.25, -0.2) is 4.79 Å². The molecule has 106 valence electrons. The van der Waals surface area contributed by atoms with Gasteiger partial charge in [-0.1, -0.05) is 18.2 Å². The standard InChI is InChI=1S/C15H12N2O3S/c1-16-12-9-5-2-3-6-10(9)20-15(19)13(12)17-14(18)11-7-4-8-21-11/h2-8,16H,1H3,(H,17,18). The van der Waals surface area contributed by atoms with E-state index >= 15 is 0 Å². The van der Waals surface area contributed by atoms with Crippen LogP contribution in [0.5, 0.6) is 0 Å². The van der Waals surface area contributed by atoms with Gasteiger partial charge in [0.1, 0.15) is 5.58 Å². The zero-order valence-corrected chi connectivity index (χ0v) is 12.0. The Balaban J connectivity index is 2.11. The maximum atomic E-state index is 12.1. The third-order valence-electron chi connectivity index (χ3n) is 3.05. The molecule has 21 heavy (non-hydrogen) atoms. The number of fused-ring (bicyclic) bond motifs is 1. The highest BCUT2D eigenvalue weighted by molar-refractivity contribution is 7.12. The summed E-state index contributed by atoms with van der Waals surface area (Å²) in [5.74, 6) is -0.330. The van der Waals surface area contributed by atoms with Crippen LogP contribution < -0.4 is 16.3 Å². The molecule has 0 atom stereocenters. The van der Waals surface area contributed by atoms with E-state index in [1.165, 1.54) is 11.3 Å². The summed E-state index contributed by atoms with van der Waals surface area (Å²) in [5.41, 5.74) is 0.560. The van der Waals surface area contributed by atoms with Gasteiger partial charge in [-0.05, 0) is 23.6 Å². The lowest BCUT2D eigenvalue weighted by Crippen LogP contribution is -2.19. The van der Waals surface area contributed by atoms with Crippen molar-refractivity contribution in [1.29, 1.82) is 0 Å². The number of anilines is 2. The van der Waals surface area contributed by atoms with Crippen LogP contribution in [0.4, 0.5) is 11.4 Å². The number of thiophene rings is 1. The molecule has 2 heterocycles. The van der Waals surface area contributed by atoms with Crippen molar-refractivity contribution in [2.45, 2.75) is 0 Å². The van der Waals surface area contributed by atoms with Gasteiger partial charge in [0.05, 0.1) is 10.6 Å². The van der Waals surface area contributed by atoms with Gasteiger partial charge in [0, 0.05) is 12.4 Å². The summed E-state index contributed by atoms with van der Waals surface area (Å²) >= 11 is 1.31. The molecule has 2 aromatic heterocycles. The highest BCUT2D eigenvalue weighted by atomic mass is 32.1. The van der Waals surface area contributed by atoms with E-state index in [-0.39, 0.29) is 11.6 Å². The predicted octanol–water partition coefficient (Wildman–Crippen LogP) is 3.15. The first kappa shape index (κ1) is 13.4. The van der Waals surface area contributed by atoms with E-state index in [4.69, 9.17) is 4.42 Å². The molecule has 5 nitrogen and oxygen atoms in total. The van der Waals surface area contributed by atoms with Crippen LogP contribution in [-0.2, 0) is 0 Å². The summed E-state index contributed by atoms with van der Waals surface area (Å²) in [6, 6.07) is 10.6. The van der Waals surface area contributed by atoms with Gasteiger partial charge < -0.3 is 15.1 Å². The third kappa shape index (κ3) is 2.41. The van der Waals surface area contributed by atoms with E-state index < -0.39 is 5.63 Å². The second-order valence-corrected chi connectivity index (χ2v) is 5.26. The summed E-state index contributed by atoms with van der Waals surface area (Å²) in [6.07, 6.45) is 0. The van der Waals surface area contributed by atoms with Gasteiger partial charge in [0.15, 0.2) is 5.69 Å². The Kier molecular flexibility index (Phi) is 3.45. The van der Waals surface area contributed by atoms with Crippen molar-refractivity contribution in [3.8, 4) is 0 Å². The third-order valence-corrected chi connectivity index (χ3v) is 3.92. The van der Waals surface area contributed by atoms with Crippen LogP contribution in [0.3, 0.4) is 0 Å². The molecule has 3 rings (SSSR count). The first-order chi connectivity index (χ1) is 10.2. The van der Waals surface area contributed by atoms with Crippen molar-refractivity contribution in [2.24, 2.45) is 0 Å². The van der Waals surface area contributed by atoms with Crippen LogP contribution in [0, 0.1) is 0 Å². The number of benzene rings is 1. The quantitative estimate of drug-likeness (QED) is 0.729. The second kappa shape index (κ2) is 5.41. The van der Waals surface area contributed by atoms with Crippen LogP contribution in [0.25, 0.3) is 11.0 Å². The van der Waals surface area contributed by atoms with Crippen LogP contribution in [0.2, 0.25) is 0 Å². The van der Waals surface area contributed by atoms with Gasteiger partial charge in [0.2, 0.25) is 0 Å². The van der Waals surface area contributed by atoms with E-state index in [1.54, 1.807) is 36.7 Å². The zero-order chi connectivity index (χ0) is 14.8. The average molecular weight is 300 g/mol. The first-order valence-corrected chi connectivity index (χ1v) is 7.17. The maximum absolute atomic E-state index is 12.1. The Morgan fingerprint density at radius 3 is 2.67 bits per heavy atom. The SMILES string of the molecule is CNc1c(NC(=O)c2cccs2)c(=O)oc2ccccc12. The van der Waals surface area contributed by atoms with Crippen molar-refractivity contribution < 1.29 is 9.21 Å². The summed E-state index contributed by atoms with van der Waals surface area (Å²) in [5, 5.41) is 8.13. The average Bonchev–Trinajstić information content (AvgIpc) is 3.02. The fraction of sp³-hybridized carbons (Fsp3) is 0.0667. The van der Waals surface area contributed by atoms with Crippen LogP contribution in [-0.4, -0.2) is 13.0 Å². The van der Waals surface area contributed by atoms with Gasteiger partial charge in [-0.15, -0.1) is 11.3 Å². The minimum Gasteiger partial charge on any atom is -0.421 e. The number of carbonyl (C=O) groups excluding carboxylic acids is 1. The minimum absolute atomic E-state index is 0.120. The molecule has 1 amide bonds. The molecule has 3 aromatic rings. The molecule has 0 spiro atoms. The first-order valence-electron chi connectivity index (χ1n) is 6.29. The molecule has 1 aromatic carbocycles. The van der Waals surface area contributed by atoms with E-state index in [0.717, 1.165) is 5.39 Å². The predicted molar refractivity (Wildman–Crippen MR) is 84.3 cm³/mol. The highest BCUT2D eigenvalue weighted by Gasteiger charge is 2.17. The molecular formula is C15H12N2O3S. The van der Waals surface area contributed by atoms with E-state index in [1.807, 2.05) is 12.1 Å². The fourth-order valence-electron chi connectivity index (χ4n) is 2.11. The Morgan fingerprint density at radius 1 is 1.14 bits per heavy atom. The van der Waals surface area contributed by atoms with Crippen LogP contribution >= 0.6 is 11.3 Å². The smallest absolute Gasteiger partial charge is 0.362 e. The normalized spacial score (nSPS) is 10.5. The van der Waals surface area contributed by atoms with Gasteiger partial charge in [-0.2, -0.15) is 0 Å². The molecule has 0 radical (unpaired) electrons. The number of rotatable bonds is 3. The van der Waals surface area contributed by atoms with Crippen molar-refractivity contribution >= 4 is 39.6 Å². The van der Waals surface area contributed by atoms with Gasteiger partial charge in [-0.3, -0.25) is 4.79 Å². The summed E-state index contributed by atoms with van der Waals surface area (Å²) in [7, 11) is 1.70. The molecule has 0 saturated carbocycles. The molecule has 0 fully saturated rings. The molecule has 0 unspecified atom stereocenters. The molecule has 0 aliphatic carbocycles. The fourth-order valence-corrected chi connectivity index (χ4v) is 2.72. The molecule has 0 aliphatic rings. The molecule has 0 aliphatic heterocycles. The molecule has 6 heteroatoms. The van der Waals surface area contributed by atoms with E-state index in [2.05, 4.69) is 10.6 Å². The minimum atomic E-state index is -0.581. The van der Waals surface area contributed by atoms with Crippen molar-refractivity contribution in [1.82, 2.24) is 0 Å². The number of nitrogens with one attached hydrogen (secondary N) is 2. The molecule has 0 bridgehead atoms.